The maximum Gasteiger partial charge on any atom is 0 e. The average molecular weight is 959 g/mol. The minimum atomic E-state index is -0.434. The first-order chi connectivity index (χ1) is 28.8. The molecule has 61 heavy (non-hydrogen) atoms. The number of hydrogen-bond acceptors (Lipinski definition) is 0. The molecule has 0 aliphatic heterocycles. The zero-order chi connectivity index (χ0) is 39.5. The summed E-state index contributed by atoms with van der Waals surface area (Å²) < 4.78 is 0. The van der Waals surface area contributed by atoms with E-state index >= 15 is 0 Å². The maximum atomic E-state index is 2.57. The molecule has 0 aliphatic rings. The molecule has 8 aromatic rings. The van der Waals surface area contributed by atoms with Crippen LogP contribution in [0.4, 0.5) is 0 Å². The topological polar surface area (TPSA) is 0 Å². The van der Waals surface area contributed by atoms with Gasteiger partial charge in [-0.3, -0.25) is 12.3 Å². The Bertz CT molecular complexity index is 1790. The summed E-state index contributed by atoms with van der Waals surface area (Å²) in [5.41, 5.74) is 0. The quantitative estimate of drug-likeness (QED) is 0.0514. The third-order valence-corrected chi connectivity index (χ3v) is 19.5. The van der Waals surface area contributed by atoms with Gasteiger partial charge in [-0.1, -0.05) is 276 Å². The Labute approximate surface area is 387 Å². The van der Waals surface area contributed by atoms with Crippen molar-refractivity contribution in [3.63, 3.8) is 0 Å². The molecule has 0 amide bonds. The fourth-order valence-electron chi connectivity index (χ4n) is 6.95. The van der Waals surface area contributed by atoms with E-state index in [1.165, 1.54) is 54.8 Å². The standard InChI is InChI=1S/2C27H25P2.2CH3.Pd/c2*1-5-14-24(15-6-1)28(25-16-7-2-8-17-25)22-13-23-29(26-18-9-3-10-19-26)27-20-11-4-12-21-27;;;/h2*1-12,14-22H,13,23H2;2*1H3;/q4*-1;. The summed E-state index contributed by atoms with van der Waals surface area (Å²) in [6.45, 7) is 0. The van der Waals surface area contributed by atoms with Gasteiger partial charge < -0.3 is 14.9 Å². The van der Waals surface area contributed by atoms with Crippen LogP contribution in [0.2, 0.25) is 0 Å². The minimum Gasteiger partial charge on any atom is -0.358 e. The minimum absolute atomic E-state index is 0. The summed E-state index contributed by atoms with van der Waals surface area (Å²) in [4.78, 5) is 0. The molecule has 0 aromatic heterocycles. The molecule has 0 atom stereocenters. The van der Waals surface area contributed by atoms with Crippen LogP contribution in [0.15, 0.2) is 243 Å². The van der Waals surface area contributed by atoms with Crippen LogP contribution < -0.4 is 42.4 Å². The summed E-state index contributed by atoms with van der Waals surface area (Å²) in [6, 6.07) is 87.9. The van der Waals surface area contributed by atoms with Crippen molar-refractivity contribution in [2.75, 3.05) is 12.3 Å². The van der Waals surface area contributed by atoms with Crippen molar-refractivity contribution in [1.82, 2.24) is 0 Å². The van der Waals surface area contributed by atoms with E-state index in [4.69, 9.17) is 0 Å². The largest absolute Gasteiger partial charge is 0.358 e. The Morgan fingerprint density at radius 1 is 0.246 bits per heavy atom. The summed E-state index contributed by atoms with van der Waals surface area (Å²) in [7, 11) is -1.55. The molecule has 8 rings (SSSR count). The second-order valence-corrected chi connectivity index (χ2v) is 22.6. The van der Waals surface area contributed by atoms with E-state index in [2.05, 4.69) is 255 Å². The van der Waals surface area contributed by atoms with Gasteiger partial charge in [0, 0.05) is 20.4 Å². The van der Waals surface area contributed by atoms with Gasteiger partial charge >= 0.3 is 0 Å². The van der Waals surface area contributed by atoms with E-state index in [0.29, 0.717) is 0 Å². The Morgan fingerprint density at radius 3 is 0.590 bits per heavy atom. The van der Waals surface area contributed by atoms with Gasteiger partial charge in [-0.05, 0) is 37.1 Å². The van der Waals surface area contributed by atoms with Crippen molar-refractivity contribution in [3.05, 3.63) is 270 Å². The number of rotatable bonds is 16. The SMILES string of the molecule is [CH3-].[CH3-].[Pd].c1ccc(P([CH-]CCP(c2ccccc2)c2ccccc2)c2ccccc2)cc1.c1ccc(P([CH-]CCP(c2ccccc2)c2ccccc2)c2ccccc2)cc1. The Balaban J connectivity index is 0.000000256. The van der Waals surface area contributed by atoms with Gasteiger partial charge in [-0.2, -0.15) is 12.8 Å². The van der Waals surface area contributed by atoms with E-state index < -0.39 is 15.8 Å². The second-order valence-electron chi connectivity index (χ2n) is 13.7. The molecular formula is C56H56P4Pd-4. The number of benzene rings is 8. The van der Waals surface area contributed by atoms with Gasteiger partial charge in [-0.15, -0.1) is 0 Å². The van der Waals surface area contributed by atoms with Crippen LogP contribution in [0, 0.1) is 27.2 Å². The predicted octanol–water partition coefficient (Wildman–Crippen LogP) is 12.5. The molecule has 5 heteroatoms. The van der Waals surface area contributed by atoms with Gasteiger partial charge in [0.2, 0.25) is 0 Å². The molecule has 0 heterocycles. The summed E-state index contributed by atoms with van der Waals surface area (Å²) in [5.74, 6) is 0. The fraction of sp³-hybridized carbons (Fsp3) is 0.0714. The van der Waals surface area contributed by atoms with Gasteiger partial charge in [0.25, 0.3) is 0 Å². The van der Waals surface area contributed by atoms with Crippen molar-refractivity contribution >= 4 is 74.1 Å². The molecule has 8 aromatic carbocycles. The van der Waals surface area contributed by atoms with Crippen molar-refractivity contribution in [2.24, 2.45) is 0 Å². The summed E-state index contributed by atoms with van der Waals surface area (Å²) in [6.07, 6.45) is 9.74. The second kappa shape index (κ2) is 28.0. The van der Waals surface area contributed by atoms with E-state index in [1.54, 1.807) is 0 Å². The third kappa shape index (κ3) is 15.2. The third-order valence-electron chi connectivity index (χ3n) is 9.74. The first kappa shape index (κ1) is 49.8. The molecule has 0 spiro atoms. The van der Waals surface area contributed by atoms with Crippen LogP contribution in [0.3, 0.4) is 0 Å². The molecule has 0 aliphatic carbocycles. The summed E-state index contributed by atoms with van der Waals surface area (Å²) >= 11 is 0. The summed E-state index contributed by atoms with van der Waals surface area (Å²) in [5, 5.41) is 11.6. The molecule has 0 saturated carbocycles. The van der Waals surface area contributed by atoms with Crippen LogP contribution in [0.1, 0.15) is 12.8 Å². The molecule has 0 N–H and O–H groups in total. The Kier molecular flexibility index (Phi) is 22.8. The zero-order valence-corrected chi connectivity index (χ0v) is 40.3. The van der Waals surface area contributed by atoms with Crippen LogP contribution in [-0.4, -0.2) is 12.3 Å². The molecule has 0 unspecified atom stereocenters. The van der Waals surface area contributed by atoms with Gasteiger partial charge in [0.1, 0.15) is 0 Å². The van der Waals surface area contributed by atoms with Crippen molar-refractivity contribution in [1.29, 1.82) is 0 Å². The van der Waals surface area contributed by atoms with Crippen LogP contribution >= 0.6 is 31.7 Å². The van der Waals surface area contributed by atoms with E-state index in [9.17, 15) is 0 Å². The van der Waals surface area contributed by atoms with E-state index in [1.807, 2.05) is 0 Å². The fourth-order valence-corrected chi connectivity index (χ4v) is 16.1. The van der Waals surface area contributed by atoms with Gasteiger partial charge in [-0.25, -0.2) is 15.8 Å². The average Bonchev–Trinajstić information content (AvgIpc) is 3.32. The molecule has 0 fully saturated rings. The van der Waals surface area contributed by atoms with Crippen LogP contribution in [0.25, 0.3) is 0 Å². The van der Waals surface area contributed by atoms with E-state index in [-0.39, 0.29) is 51.1 Å². The zero-order valence-electron chi connectivity index (χ0n) is 35.2. The first-order valence-corrected chi connectivity index (χ1v) is 25.9. The van der Waals surface area contributed by atoms with Crippen molar-refractivity contribution < 1.29 is 20.4 Å². The normalized spacial score (nSPS) is 10.6. The van der Waals surface area contributed by atoms with Crippen LogP contribution in [0.5, 0.6) is 0 Å². The van der Waals surface area contributed by atoms with Gasteiger partial charge in [0.15, 0.2) is 0 Å². The Morgan fingerprint density at radius 2 is 0.410 bits per heavy atom. The molecule has 0 nitrogen and oxygen atoms in total. The van der Waals surface area contributed by atoms with Gasteiger partial charge in [0.05, 0.1) is 0 Å². The molecule has 0 saturated heterocycles. The van der Waals surface area contributed by atoms with Crippen LogP contribution in [-0.2, 0) is 20.4 Å². The molecule has 0 radical (unpaired) electrons. The smallest absolute Gasteiger partial charge is 0 e. The molecule has 0 bridgehead atoms. The van der Waals surface area contributed by atoms with Crippen molar-refractivity contribution in [2.45, 2.75) is 12.8 Å². The predicted molar refractivity (Wildman–Crippen MR) is 277 cm³/mol. The first-order valence-electron chi connectivity index (χ1n) is 20.0. The Hall–Kier alpha value is -3.86. The monoisotopic (exact) mass is 958 g/mol. The molecular weight excluding hydrogens is 903 g/mol. The van der Waals surface area contributed by atoms with Crippen molar-refractivity contribution in [3.8, 4) is 0 Å². The maximum absolute atomic E-state index is 2.57. The number of hydrogen-bond donors (Lipinski definition) is 0. The van der Waals surface area contributed by atoms with E-state index in [0.717, 1.165) is 12.8 Å². The molecule has 314 valence electrons.